The van der Waals surface area contributed by atoms with Crippen LogP contribution < -0.4 is 5.32 Å². The monoisotopic (exact) mass is 216 g/mol. The van der Waals surface area contributed by atoms with Crippen LogP contribution in [0.4, 0.5) is 13.2 Å². The number of hydrogen-bond acceptors (Lipinski definition) is 2. The van der Waals surface area contributed by atoms with Crippen molar-refractivity contribution in [2.24, 2.45) is 0 Å². The maximum absolute atomic E-state index is 12.4. The van der Waals surface area contributed by atoms with Gasteiger partial charge in [0, 0.05) is 11.7 Å². The van der Waals surface area contributed by atoms with Gasteiger partial charge in [0.2, 0.25) is 0 Å². The van der Waals surface area contributed by atoms with E-state index < -0.39 is 11.9 Å². The Kier molecular flexibility index (Phi) is 2.42. The zero-order valence-corrected chi connectivity index (χ0v) is 8.23. The van der Waals surface area contributed by atoms with Gasteiger partial charge in [-0.15, -0.1) is 0 Å². The van der Waals surface area contributed by atoms with Gasteiger partial charge in [-0.25, -0.2) is 4.98 Å². The first-order chi connectivity index (χ1) is 7.02. The molecule has 1 atom stereocenters. The number of alkyl halides is 3. The fraction of sp³-hybridized carbons (Fsp3) is 0.500. The lowest BCUT2D eigenvalue weighted by Crippen LogP contribution is -2.14. The summed E-state index contributed by atoms with van der Waals surface area (Å²) < 4.78 is 37.1. The molecule has 1 aliphatic rings. The Morgan fingerprint density at radius 3 is 2.73 bits per heavy atom. The normalized spacial score (nSPS) is 20.4. The summed E-state index contributed by atoms with van der Waals surface area (Å²) in [5, 5.41) is 3.06. The maximum atomic E-state index is 12.4. The number of pyridine rings is 1. The van der Waals surface area contributed by atoms with E-state index in [0.29, 0.717) is 12.1 Å². The van der Waals surface area contributed by atoms with Crippen molar-refractivity contribution in [3.63, 3.8) is 0 Å². The largest absolute Gasteiger partial charge is 0.433 e. The van der Waals surface area contributed by atoms with Crippen LogP contribution in [-0.2, 0) is 12.6 Å². The van der Waals surface area contributed by atoms with E-state index in [4.69, 9.17) is 0 Å². The summed E-state index contributed by atoms with van der Waals surface area (Å²) in [6, 6.07) is 2.73. The molecular formula is C10H11F3N2. The molecule has 0 saturated heterocycles. The Balaban J connectivity index is 2.37. The van der Waals surface area contributed by atoms with Crippen molar-refractivity contribution in [1.29, 1.82) is 0 Å². The van der Waals surface area contributed by atoms with Crippen LogP contribution in [0, 0.1) is 0 Å². The van der Waals surface area contributed by atoms with Crippen LogP contribution in [-0.4, -0.2) is 12.0 Å². The first-order valence-corrected chi connectivity index (χ1v) is 4.76. The van der Waals surface area contributed by atoms with Crippen molar-refractivity contribution in [3.8, 4) is 0 Å². The number of rotatable bonds is 1. The van der Waals surface area contributed by atoms with E-state index in [-0.39, 0.29) is 6.04 Å². The highest BCUT2D eigenvalue weighted by Crippen LogP contribution is 2.33. The summed E-state index contributed by atoms with van der Waals surface area (Å²) in [5.74, 6) is 0. The van der Waals surface area contributed by atoms with Crippen LogP contribution >= 0.6 is 0 Å². The van der Waals surface area contributed by atoms with E-state index in [1.54, 1.807) is 7.05 Å². The van der Waals surface area contributed by atoms with Crippen molar-refractivity contribution in [3.05, 3.63) is 29.1 Å². The van der Waals surface area contributed by atoms with E-state index in [1.165, 1.54) is 6.07 Å². The molecule has 0 spiro atoms. The molecular weight excluding hydrogens is 205 g/mol. The van der Waals surface area contributed by atoms with Crippen LogP contribution in [0.15, 0.2) is 12.1 Å². The van der Waals surface area contributed by atoms with Gasteiger partial charge in [0.25, 0.3) is 0 Å². The smallest absolute Gasteiger partial charge is 0.313 e. The van der Waals surface area contributed by atoms with Crippen LogP contribution in [0.1, 0.15) is 29.4 Å². The van der Waals surface area contributed by atoms with E-state index in [1.807, 2.05) is 0 Å². The van der Waals surface area contributed by atoms with E-state index in [9.17, 15) is 13.2 Å². The molecule has 0 aliphatic heterocycles. The standard InChI is InChI=1S/C10H11F3N2/c1-14-7-3-4-8-6(7)2-5-9(15-8)10(11,12)13/h2,5,7,14H,3-4H2,1H3/t7-/m0/s1. The van der Waals surface area contributed by atoms with E-state index >= 15 is 0 Å². The van der Waals surface area contributed by atoms with E-state index in [0.717, 1.165) is 18.1 Å². The van der Waals surface area contributed by atoms with Crippen molar-refractivity contribution in [1.82, 2.24) is 10.3 Å². The lowest BCUT2D eigenvalue weighted by atomic mass is 10.1. The lowest BCUT2D eigenvalue weighted by Gasteiger charge is -2.11. The zero-order valence-electron chi connectivity index (χ0n) is 8.23. The van der Waals surface area contributed by atoms with Crippen molar-refractivity contribution < 1.29 is 13.2 Å². The number of nitrogens with one attached hydrogen (secondary N) is 1. The summed E-state index contributed by atoms with van der Waals surface area (Å²) in [7, 11) is 1.80. The lowest BCUT2D eigenvalue weighted by molar-refractivity contribution is -0.141. The molecule has 0 aromatic carbocycles. The third-order valence-corrected chi connectivity index (χ3v) is 2.69. The number of nitrogens with zero attached hydrogens (tertiary/aromatic N) is 1. The van der Waals surface area contributed by atoms with Crippen molar-refractivity contribution >= 4 is 0 Å². The number of aryl methyl sites for hydroxylation is 1. The summed E-state index contributed by atoms with van der Waals surface area (Å²) in [6.07, 6.45) is -2.91. The second-order valence-electron chi connectivity index (χ2n) is 3.61. The van der Waals surface area contributed by atoms with Crippen molar-refractivity contribution in [2.45, 2.75) is 25.1 Å². The first-order valence-electron chi connectivity index (χ1n) is 4.76. The Hall–Kier alpha value is -1.10. The minimum absolute atomic E-state index is 0.148. The van der Waals surface area contributed by atoms with Gasteiger partial charge in [0.15, 0.2) is 0 Å². The molecule has 0 saturated carbocycles. The van der Waals surface area contributed by atoms with Crippen LogP contribution in [0.3, 0.4) is 0 Å². The van der Waals surface area contributed by atoms with Gasteiger partial charge in [0.05, 0.1) is 0 Å². The minimum atomic E-state index is -4.34. The molecule has 0 fully saturated rings. The van der Waals surface area contributed by atoms with Gasteiger partial charge >= 0.3 is 6.18 Å². The third-order valence-electron chi connectivity index (χ3n) is 2.69. The molecule has 2 rings (SSSR count). The van der Waals surface area contributed by atoms with E-state index in [2.05, 4.69) is 10.3 Å². The Bertz CT molecular complexity index is 373. The highest BCUT2D eigenvalue weighted by atomic mass is 19.4. The van der Waals surface area contributed by atoms with Gasteiger partial charge in [-0.1, -0.05) is 6.07 Å². The highest BCUT2D eigenvalue weighted by molar-refractivity contribution is 5.31. The predicted molar refractivity (Wildman–Crippen MR) is 49.4 cm³/mol. The zero-order chi connectivity index (χ0) is 11.1. The topological polar surface area (TPSA) is 24.9 Å². The maximum Gasteiger partial charge on any atom is 0.433 e. The second-order valence-corrected chi connectivity index (χ2v) is 3.61. The third kappa shape index (κ3) is 1.84. The fourth-order valence-corrected chi connectivity index (χ4v) is 1.92. The molecule has 0 unspecified atom stereocenters. The first kappa shape index (κ1) is 10.4. The fourth-order valence-electron chi connectivity index (χ4n) is 1.92. The van der Waals surface area contributed by atoms with Gasteiger partial charge in [-0.3, -0.25) is 0 Å². The molecule has 1 aliphatic carbocycles. The highest BCUT2D eigenvalue weighted by Gasteiger charge is 2.34. The molecule has 5 heteroatoms. The Morgan fingerprint density at radius 2 is 2.13 bits per heavy atom. The molecule has 15 heavy (non-hydrogen) atoms. The van der Waals surface area contributed by atoms with Gasteiger partial charge in [-0.05, 0) is 31.5 Å². The van der Waals surface area contributed by atoms with Crippen LogP contribution in [0.5, 0.6) is 0 Å². The number of halogens is 3. The Morgan fingerprint density at radius 1 is 1.40 bits per heavy atom. The molecule has 1 N–H and O–H groups in total. The summed E-state index contributed by atoms with van der Waals surface area (Å²) in [5.41, 5.74) is 0.674. The van der Waals surface area contributed by atoms with Gasteiger partial charge in [0.1, 0.15) is 5.69 Å². The number of aromatic nitrogens is 1. The second kappa shape index (κ2) is 3.48. The summed E-state index contributed by atoms with van der Waals surface area (Å²) in [4.78, 5) is 3.66. The molecule has 1 heterocycles. The van der Waals surface area contributed by atoms with Crippen molar-refractivity contribution in [2.75, 3.05) is 7.05 Å². The van der Waals surface area contributed by atoms with Crippen LogP contribution in [0.2, 0.25) is 0 Å². The van der Waals surface area contributed by atoms with Gasteiger partial charge in [-0.2, -0.15) is 13.2 Å². The molecule has 1 aromatic rings. The summed E-state index contributed by atoms with van der Waals surface area (Å²) in [6.45, 7) is 0. The molecule has 82 valence electrons. The quantitative estimate of drug-likeness (QED) is 0.779. The minimum Gasteiger partial charge on any atom is -0.313 e. The molecule has 0 radical (unpaired) electrons. The molecule has 0 amide bonds. The Labute approximate surface area is 85.5 Å². The number of hydrogen-bond donors (Lipinski definition) is 1. The average Bonchev–Trinajstić information content (AvgIpc) is 2.58. The summed E-state index contributed by atoms with van der Waals surface area (Å²) >= 11 is 0. The molecule has 0 bridgehead atoms. The SMILES string of the molecule is CN[C@H]1CCc2nc(C(F)(F)F)ccc21. The van der Waals surface area contributed by atoms with Gasteiger partial charge < -0.3 is 5.32 Å². The average molecular weight is 216 g/mol. The molecule has 2 nitrogen and oxygen atoms in total. The predicted octanol–water partition coefficient (Wildman–Crippen LogP) is 2.31. The molecule has 1 aromatic heterocycles. The van der Waals surface area contributed by atoms with Crippen LogP contribution in [0.25, 0.3) is 0 Å². The number of fused-ring (bicyclic) bond motifs is 1.